The maximum Gasteiger partial charge on any atom is 0.210 e. The molecule has 0 radical (unpaired) electrons. The van der Waals surface area contributed by atoms with Crippen LogP contribution in [0.5, 0.6) is 11.5 Å². The topological polar surface area (TPSA) is 57.0 Å². The molecule has 0 atom stereocenters. The van der Waals surface area contributed by atoms with E-state index in [2.05, 4.69) is 0 Å². The molecule has 5 aromatic rings. The van der Waals surface area contributed by atoms with Gasteiger partial charge in [-0.2, -0.15) is 0 Å². The number of carbonyl (C=O) groups excluding carboxylic acids is 2. The van der Waals surface area contributed by atoms with Gasteiger partial charge in [0.25, 0.3) is 0 Å². The summed E-state index contributed by atoms with van der Waals surface area (Å²) < 4.78 is 12.3. The zero-order valence-corrected chi connectivity index (χ0v) is 19.4. The Hall–Kier alpha value is -4.64. The van der Waals surface area contributed by atoms with Gasteiger partial charge in [-0.15, -0.1) is 0 Å². The number of rotatable bonds is 7. The van der Waals surface area contributed by atoms with E-state index in [0.29, 0.717) is 45.0 Å². The van der Waals surface area contributed by atoms with Crippen LogP contribution in [0.2, 0.25) is 0 Å². The van der Waals surface area contributed by atoms with Crippen LogP contribution in [0.4, 0.5) is 0 Å². The van der Waals surface area contributed by atoms with Gasteiger partial charge in [0.2, 0.25) is 5.78 Å². The highest BCUT2D eigenvalue weighted by Crippen LogP contribution is 2.36. The molecule has 2 heterocycles. The van der Waals surface area contributed by atoms with Crippen molar-refractivity contribution in [2.24, 2.45) is 0 Å². The molecule has 2 aromatic heterocycles. The van der Waals surface area contributed by atoms with Crippen LogP contribution >= 0.6 is 0 Å². The molecule has 5 rings (SSSR count). The molecule has 5 heteroatoms. The van der Waals surface area contributed by atoms with Gasteiger partial charge in [-0.3, -0.25) is 9.59 Å². The molecule has 0 saturated carbocycles. The first-order valence-electron chi connectivity index (χ1n) is 11.2. The average molecular weight is 462 g/mol. The first-order valence-corrected chi connectivity index (χ1v) is 11.2. The first-order chi connectivity index (χ1) is 17.1. The summed E-state index contributed by atoms with van der Waals surface area (Å²) in [6.45, 7) is 0. The summed E-state index contributed by atoms with van der Waals surface area (Å²) in [5.74, 6) is 0.993. The summed E-state index contributed by atoms with van der Waals surface area (Å²) in [4.78, 5) is 27.8. The highest BCUT2D eigenvalue weighted by atomic mass is 16.5. The summed E-state index contributed by atoms with van der Waals surface area (Å²) in [7, 11) is 3.17. The molecule has 0 saturated heterocycles. The minimum absolute atomic E-state index is 0.163. The monoisotopic (exact) mass is 461 g/mol. The van der Waals surface area contributed by atoms with Gasteiger partial charge in [0.1, 0.15) is 17.2 Å². The summed E-state index contributed by atoms with van der Waals surface area (Å²) in [5.41, 5.74) is 4.03. The van der Waals surface area contributed by atoms with Gasteiger partial charge in [0.15, 0.2) is 5.78 Å². The lowest BCUT2D eigenvalue weighted by Crippen LogP contribution is -2.07. The minimum atomic E-state index is -0.179. The number of hydrogen-bond donors (Lipinski definition) is 0. The number of ketones is 2. The van der Waals surface area contributed by atoms with Crippen LogP contribution < -0.4 is 9.47 Å². The fourth-order valence-electron chi connectivity index (χ4n) is 4.31. The van der Waals surface area contributed by atoms with Gasteiger partial charge < -0.3 is 13.9 Å². The molecule has 0 amide bonds. The van der Waals surface area contributed by atoms with Crippen LogP contribution in [-0.4, -0.2) is 30.2 Å². The smallest absolute Gasteiger partial charge is 0.210 e. The normalized spacial score (nSPS) is 10.8. The van der Waals surface area contributed by atoms with Gasteiger partial charge in [-0.1, -0.05) is 36.4 Å². The number of hydrogen-bond acceptors (Lipinski definition) is 4. The molecular weight excluding hydrogens is 438 g/mol. The van der Waals surface area contributed by atoms with Crippen LogP contribution in [0.3, 0.4) is 0 Å². The lowest BCUT2D eigenvalue weighted by molar-refractivity contribution is 0.103. The third-order valence-corrected chi connectivity index (χ3v) is 6.05. The van der Waals surface area contributed by atoms with Crippen LogP contribution in [-0.2, 0) is 0 Å². The highest BCUT2D eigenvalue weighted by molar-refractivity contribution is 6.23. The molecule has 172 valence electrons. The summed E-state index contributed by atoms with van der Waals surface area (Å²) >= 11 is 0. The van der Waals surface area contributed by atoms with Crippen LogP contribution in [0.1, 0.15) is 32.0 Å². The predicted octanol–water partition coefficient (Wildman–Crippen LogP) is 6.09. The Morgan fingerprint density at radius 1 is 0.629 bits per heavy atom. The van der Waals surface area contributed by atoms with Gasteiger partial charge in [-0.25, -0.2) is 0 Å². The highest BCUT2D eigenvalue weighted by Gasteiger charge is 2.29. The van der Waals surface area contributed by atoms with Gasteiger partial charge in [-0.05, 0) is 66.2 Å². The minimum Gasteiger partial charge on any atom is -0.497 e. The molecule has 0 bridgehead atoms. The standard InChI is InChI=1S/C30H23NO4/c1-34-23-15-11-21(12-16-23)29(32)27-25-10-6-7-19-31(25)28(26(27)20-8-4-3-5-9-20)30(33)22-13-17-24(35-2)18-14-22/h3-19H,1-2H3. The van der Waals surface area contributed by atoms with Gasteiger partial charge >= 0.3 is 0 Å². The quantitative estimate of drug-likeness (QED) is 0.276. The lowest BCUT2D eigenvalue weighted by Gasteiger charge is -2.09. The lowest BCUT2D eigenvalue weighted by atomic mass is 9.92. The molecule has 35 heavy (non-hydrogen) atoms. The molecule has 3 aromatic carbocycles. The molecule has 0 spiro atoms. The predicted molar refractivity (Wildman–Crippen MR) is 136 cm³/mol. The van der Waals surface area contributed by atoms with Crippen molar-refractivity contribution >= 4 is 17.1 Å². The molecule has 0 N–H and O–H groups in total. The van der Waals surface area contributed by atoms with Crippen molar-refractivity contribution in [3.05, 3.63) is 126 Å². The van der Waals surface area contributed by atoms with E-state index in [1.165, 1.54) is 0 Å². The van der Waals surface area contributed by atoms with Crippen LogP contribution in [0, 0.1) is 0 Å². The van der Waals surface area contributed by atoms with Gasteiger partial charge in [0, 0.05) is 22.9 Å². The first kappa shape index (κ1) is 22.2. The summed E-state index contributed by atoms with van der Waals surface area (Å²) in [6.07, 6.45) is 1.82. The zero-order valence-electron chi connectivity index (χ0n) is 19.4. The molecule has 0 fully saturated rings. The second kappa shape index (κ2) is 9.31. The maximum absolute atomic E-state index is 13.9. The van der Waals surface area contributed by atoms with E-state index in [4.69, 9.17) is 9.47 Å². The number of benzene rings is 3. The van der Waals surface area contributed by atoms with Crippen molar-refractivity contribution in [1.29, 1.82) is 0 Å². The SMILES string of the molecule is COc1ccc(C(=O)c2c(-c3ccccc3)c(C(=O)c3ccc(OC)cc3)n3ccccc23)cc1. The van der Waals surface area contributed by atoms with Crippen LogP contribution in [0.25, 0.3) is 16.6 Å². The molecule has 0 aliphatic rings. The van der Waals surface area contributed by atoms with E-state index < -0.39 is 0 Å². The van der Waals surface area contributed by atoms with E-state index in [9.17, 15) is 9.59 Å². The van der Waals surface area contributed by atoms with Crippen molar-refractivity contribution in [2.75, 3.05) is 14.2 Å². The average Bonchev–Trinajstić information content (AvgIpc) is 3.28. The fourth-order valence-corrected chi connectivity index (χ4v) is 4.31. The van der Waals surface area contributed by atoms with E-state index in [1.807, 2.05) is 59.1 Å². The Bertz CT molecular complexity index is 1420. The van der Waals surface area contributed by atoms with Crippen molar-refractivity contribution in [3.63, 3.8) is 0 Å². The summed E-state index contributed by atoms with van der Waals surface area (Å²) in [5, 5.41) is 0. The number of nitrogens with zero attached hydrogens (tertiary/aromatic N) is 1. The summed E-state index contributed by atoms with van der Waals surface area (Å²) in [6, 6.07) is 29.2. The van der Waals surface area contributed by atoms with Crippen molar-refractivity contribution in [3.8, 4) is 22.6 Å². The number of carbonyl (C=O) groups is 2. The zero-order chi connectivity index (χ0) is 24.4. The Morgan fingerprint density at radius 2 is 1.17 bits per heavy atom. The molecular formula is C30H23NO4. The second-order valence-corrected chi connectivity index (χ2v) is 8.04. The fraction of sp³-hybridized carbons (Fsp3) is 0.0667. The Morgan fingerprint density at radius 3 is 1.74 bits per heavy atom. The molecule has 5 nitrogen and oxygen atoms in total. The van der Waals surface area contributed by atoms with Crippen LogP contribution in [0.15, 0.2) is 103 Å². The largest absolute Gasteiger partial charge is 0.497 e. The maximum atomic E-state index is 13.9. The van der Waals surface area contributed by atoms with E-state index in [1.54, 1.807) is 62.8 Å². The third-order valence-electron chi connectivity index (χ3n) is 6.05. The number of fused-ring (bicyclic) bond motifs is 1. The third kappa shape index (κ3) is 3.97. The molecule has 0 aliphatic heterocycles. The number of pyridine rings is 1. The molecule has 0 aliphatic carbocycles. The van der Waals surface area contributed by atoms with E-state index in [-0.39, 0.29) is 11.6 Å². The Labute approximate surface area is 203 Å². The Balaban J connectivity index is 1.78. The molecule has 0 unspecified atom stereocenters. The second-order valence-electron chi connectivity index (χ2n) is 8.04. The van der Waals surface area contributed by atoms with E-state index >= 15 is 0 Å². The number of aromatic nitrogens is 1. The Kier molecular flexibility index (Phi) is 5.90. The van der Waals surface area contributed by atoms with Gasteiger partial charge in [0.05, 0.1) is 25.3 Å². The van der Waals surface area contributed by atoms with E-state index in [0.717, 1.165) is 5.56 Å². The van der Waals surface area contributed by atoms with Crippen molar-refractivity contribution in [2.45, 2.75) is 0 Å². The number of methoxy groups -OCH3 is 2. The number of ether oxygens (including phenoxy) is 2. The van der Waals surface area contributed by atoms with Crippen molar-refractivity contribution < 1.29 is 19.1 Å². The van der Waals surface area contributed by atoms with Crippen molar-refractivity contribution in [1.82, 2.24) is 4.40 Å².